The largest absolute Gasteiger partial charge is 0.326 e. The van der Waals surface area contributed by atoms with Crippen LogP contribution in [0.15, 0.2) is 41.7 Å². The monoisotopic (exact) mass is 243 g/mol. The summed E-state index contributed by atoms with van der Waals surface area (Å²) in [5.41, 5.74) is 2.68. The van der Waals surface area contributed by atoms with Gasteiger partial charge in [-0.25, -0.2) is 9.97 Å². The second-order valence-corrected chi connectivity index (χ2v) is 4.71. The number of anilines is 2. The van der Waals surface area contributed by atoms with Crippen LogP contribution in [0.1, 0.15) is 5.56 Å². The van der Waals surface area contributed by atoms with Gasteiger partial charge in [0.2, 0.25) is 0 Å². The number of hydrogen-bond donors (Lipinski definition) is 0. The van der Waals surface area contributed by atoms with E-state index in [2.05, 4.69) is 39.1 Å². The van der Waals surface area contributed by atoms with E-state index in [-0.39, 0.29) is 0 Å². The molecule has 1 aromatic heterocycles. The summed E-state index contributed by atoms with van der Waals surface area (Å²) in [6, 6.07) is 10.5. The first kappa shape index (κ1) is 10.6. The summed E-state index contributed by atoms with van der Waals surface area (Å²) >= 11 is 1.57. The van der Waals surface area contributed by atoms with Gasteiger partial charge in [0, 0.05) is 18.4 Å². The standard InChI is InChI=1S/C13H13N3S/c1-17-13-14-8-6-12(15-13)16-9-7-10-4-2-3-5-11(10)16/h2-6,8H,7,9H2,1H3. The second-order valence-electron chi connectivity index (χ2n) is 3.93. The Morgan fingerprint density at radius 1 is 1.24 bits per heavy atom. The molecule has 3 nitrogen and oxygen atoms in total. The summed E-state index contributed by atoms with van der Waals surface area (Å²) < 4.78 is 0. The van der Waals surface area contributed by atoms with Crippen LogP contribution in [0.4, 0.5) is 11.5 Å². The average Bonchev–Trinajstić information content (AvgIpc) is 2.82. The highest BCUT2D eigenvalue weighted by molar-refractivity contribution is 7.98. The fraction of sp³-hybridized carbons (Fsp3) is 0.231. The van der Waals surface area contributed by atoms with Crippen LogP contribution in [0, 0.1) is 0 Å². The third-order valence-electron chi connectivity index (χ3n) is 2.97. The molecule has 0 atom stereocenters. The molecule has 0 spiro atoms. The van der Waals surface area contributed by atoms with Crippen molar-refractivity contribution in [2.75, 3.05) is 17.7 Å². The number of para-hydroxylation sites is 1. The lowest BCUT2D eigenvalue weighted by atomic mass is 10.2. The zero-order valence-electron chi connectivity index (χ0n) is 9.63. The van der Waals surface area contributed by atoms with Gasteiger partial charge >= 0.3 is 0 Å². The van der Waals surface area contributed by atoms with E-state index in [1.165, 1.54) is 11.3 Å². The molecule has 0 aliphatic carbocycles. The van der Waals surface area contributed by atoms with Crippen molar-refractivity contribution in [3.05, 3.63) is 42.1 Å². The number of fused-ring (bicyclic) bond motifs is 1. The van der Waals surface area contributed by atoms with Crippen LogP contribution in [-0.4, -0.2) is 22.8 Å². The van der Waals surface area contributed by atoms with Crippen molar-refractivity contribution in [1.29, 1.82) is 0 Å². The quantitative estimate of drug-likeness (QED) is 0.599. The van der Waals surface area contributed by atoms with E-state index in [0.29, 0.717) is 0 Å². The molecule has 2 heterocycles. The molecule has 0 amide bonds. The first-order valence-electron chi connectivity index (χ1n) is 5.61. The molecule has 1 aliphatic rings. The summed E-state index contributed by atoms with van der Waals surface area (Å²) in [4.78, 5) is 11.0. The zero-order valence-corrected chi connectivity index (χ0v) is 10.4. The number of hydrogen-bond acceptors (Lipinski definition) is 4. The van der Waals surface area contributed by atoms with Crippen molar-refractivity contribution in [2.45, 2.75) is 11.6 Å². The van der Waals surface area contributed by atoms with Gasteiger partial charge in [0.1, 0.15) is 5.82 Å². The van der Waals surface area contributed by atoms with E-state index in [4.69, 9.17) is 0 Å². The van der Waals surface area contributed by atoms with Gasteiger partial charge in [0.15, 0.2) is 5.16 Å². The highest BCUT2D eigenvalue weighted by Crippen LogP contribution is 2.33. The minimum Gasteiger partial charge on any atom is -0.326 e. The molecule has 0 saturated carbocycles. The maximum absolute atomic E-state index is 4.55. The maximum Gasteiger partial charge on any atom is 0.189 e. The van der Waals surface area contributed by atoms with Crippen LogP contribution in [-0.2, 0) is 6.42 Å². The van der Waals surface area contributed by atoms with Crippen LogP contribution in [0.5, 0.6) is 0 Å². The Hall–Kier alpha value is -1.55. The highest BCUT2D eigenvalue weighted by atomic mass is 32.2. The molecule has 0 N–H and O–H groups in total. The summed E-state index contributed by atoms with van der Waals surface area (Å²) in [5.74, 6) is 0.995. The number of rotatable bonds is 2. The average molecular weight is 243 g/mol. The molecule has 3 rings (SSSR count). The van der Waals surface area contributed by atoms with E-state index < -0.39 is 0 Å². The van der Waals surface area contributed by atoms with Crippen LogP contribution in [0.3, 0.4) is 0 Å². The van der Waals surface area contributed by atoms with Crippen LogP contribution >= 0.6 is 11.8 Å². The minimum atomic E-state index is 0.826. The lowest BCUT2D eigenvalue weighted by Crippen LogP contribution is -2.15. The van der Waals surface area contributed by atoms with Gasteiger partial charge in [-0.1, -0.05) is 30.0 Å². The number of aromatic nitrogens is 2. The lowest BCUT2D eigenvalue weighted by Gasteiger charge is -2.18. The van der Waals surface area contributed by atoms with Crippen molar-refractivity contribution in [3.8, 4) is 0 Å². The molecule has 0 radical (unpaired) electrons. The molecule has 17 heavy (non-hydrogen) atoms. The Bertz CT molecular complexity index is 542. The summed E-state index contributed by atoms with van der Waals surface area (Å²) in [6.07, 6.45) is 4.92. The molecule has 1 aromatic carbocycles. The van der Waals surface area contributed by atoms with Crippen LogP contribution in [0.2, 0.25) is 0 Å². The smallest absolute Gasteiger partial charge is 0.189 e. The van der Waals surface area contributed by atoms with Crippen molar-refractivity contribution >= 4 is 23.3 Å². The van der Waals surface area contributed by atoms with E-state index in [0.717, 1.165) is 23.9 Å². The van der Waals surface area contributed by atoms with Crippen LogP contribution in [0.25, 0.3) is 0 Å². The van der Waals surface area contributed by atoms with Crippen molar-refractivity contribution in [1.82, 2.24) is 9.97 Å². The van der Waals surface area contributed by atoms with Gasteiger partial charge in [-0.3, -0.25) is 0 Å². The molecule has 0 bridgehead atoms. The van der Waals surface area contributed by atoms with Crippen LogP contribution < -0.4 is 4.90 Å². The highest BCUT2D eigenvalue weighted by Gasteiger charge is 2.20. The molecule has 1 aliphatic heterocycles. The molecule has 0 fully saturated rings. The maximum atomic E-state index is 4.55. The van der Waals surface area contributed by atoms with Gasteiger partial charge in [0.05, 0.1) is 0 Å². The van der Waals surface area contributed by atoms with E-state index in [9.17, 15) is 0 Å². The molecular formula is C13H13N3S. The topological polar surface area (TPSA) is 29.0 Å². The van der Waals surface area contributed by atoms with Crippen molar-refractivity contribution in [3.63, 3.8) is 0 Å². The lowest BCUT2D eigenvalue weighted by molar-refractivity contribution is 0.908. The SMILES string of the molecule is CSc1nccc(N2CCc3ccccc32)n1. The van der Waals surface area contributed by atoms with Gasteiger partial charge in [-0.05, 0) is 30.4 Å². The first-order chi connectivity index (χ1) is 8.38. The first-order valence-corrected chi connectivity index (χ1v) is 6.83. The van der Waals surface area contributed by atoms with Gasteiger partial charge in [0.25, 0.3) is 0 Å². The predicted octanol–water partition coefficient (Wildman–Crippen LogP) is 2.89. The minimum absolute atomic E-state index is 0.826. The normalized spacial score (nSPS) is 13.8. The van der Waals surface area contributed by atoms with Gasteiger partial charge in [-0.15, -0.1) is 0 Å². The van der Waals surface area contributed by atoms with Gasteiger partial charge < -0.3 is 4.90 Å². The molecule has 0 unspecified atom stereocenters. The van der Waals surface area contributed by atoms with Gasteiger partial charge in [-0.2, -0.15) is 0 Å². The summed E-state index contributed by atoms with van der Waals surface area (Å²) in [7, 11) is 0. The molecular weight excluding hydrogens is 230 g/mol. The summed E-state index contributed by atoms with van der Waals surface area (Å²) in [5, 5.41) is 0.826. The third-order valence-corrected chi connectivity index (χ3v) is 3.53. The van der Waals surface area contributed by atoms with E-state index in [1.807, 2.05) is 18.5 Å². The molecule has 86 valence electrons. The Kier molecular flexibility index (Phi) is 2.73. The fourth-order valence-electron chi connectivity index (χ4n) is 2.16. The molecule has 0 saturated heterocycles. The van der Waals surface area contributed by atoms with E-state index in [1.54, 1.807) is 11.8 Å². The Morgan fingerprint density at radius 3 is 3.00 bits per heavy atom. The molecule has 2 aromatic rings. The van der Waals surface area contributed by atoms with Crippen molar-refractivity contribution in [2.24, 2.45) is 0 Å². The number of nitrogens with zero attached hydrogens (tertiary/aromatic N) is 3. The van der Waals surface area contributed by atoms with Crippen molar-refractivity contribution < 1.29 is 0 Å². The second kappa shape index (κ2) is 4.37. The predicted molar refractivity (Wildman–Crippen MR) is 71.0 cm³/mol. The zero-order chi connectivity index (χ0) is 11.7. The summed E-state index contributed by atoms with van der Waals surface area (Å²) in [6.45, 7) is 1.00. The third kappa shape index (κ3) is 1.89. The van der Waals surface area contributed by atoms with E-state index >= 15 is 0 Å². The Balaban J connectivity index is 2.01. The molecule has 4 heteroatoms. The Labute approximate surface area is 105 Å². The number of benzene rings is 1. The number of thioether (sulfide) groups is 1. The Morgan fingerprint density at radius 2 is 2.12 bits per heavy atom. The fourth-order valence-corrected chi connectivity index (χ4v) is 2.51.